The molecule has 1 atom stereocenters. The first-order valence-electron chi connectivity index (χ1n) is 11.4. The third-order valence-electron chi connectivity index (χ3n) is 6.17. The van der Waals surface area contributed by atoms with Crippen molar-refractivity contribution < 1.29 is 12.8 Å². The Morgan fingerprint density at radius 1 is 1.24 bits per heavy atom. The molecule has 2 aromatic heterocycles. The van der Waals surface area contributed by atoms with Crippen LogP contribution in [0, 0.1) is 12.7 Å². The summed E-state index contributed by atoms with van der Waals surface area (Å²) in [7, 11) is -3.85. The van der Waals surface area contributed by atoms with Crippen molar-refractivity contribution in [3.05, 3.63) is 65.9 Å². The van der Waals surface area contributed by atoms with Crippen molar-refractivity contribution in [2.45, 2.75) is 44.0 Å². The average molecular weight is 483 g/mol. The quantitative estimate of drug-likeness (QED) is 0.416. The second kappa shape index (κ2) is 8.84. The lowest BCUT2D eigenvalue weighted by molar-refractivity contribution is 0.582. The summed E-state index contributed by atoms with van der Waals surface area (Å²) in [5, 5.41) is 13.1. The molecule has 0 radical (unpaired) electrons. The van der Waals surface area contributed by atoms with Crippen LogP contribution in [-0.2, 0) is 16.6 Å². The molecule has 0 amide bonds. The zero-order valence-electron chi connectivity index (χ0n) is 19.1. The molecular weight excluding hydrogens is 455 g/mol. The first kappa shape index (κ1) is 22.5. The largest absolute Gasteiger partial charge is 0.316 e. The summed E-state index contributed by atoms with van der Waals surface area (Å²) in [6.07, 6.45) is 5.04. The van der Waals surface area contributed by atoms with E-state index in [0.29, 0.717) is 17.9 Å². The third kappa shape index (κ3) is 4.19. The van der Waals surface area contributed by atoms with Crippen molar-refractivity contribution >= 4 is 26.6 Å². The fraction of sp³-hybridized carbons (Fsp3) is 0.333. The molecule has 1 fully saturated rings. The van der Waals surface area contributed by atoms with E-state index in [1.54, 1.807) is 40.0 Å². The Kier molecular flexibility index (Phi) is 5.86. The first-order valence-corrected chi connectivity index (χ1v) is 12.9. The Morgan fingerprint density at radius 2 is 2.03 bits per heavy atom. The highest BCUT2D eigenvalue weighted by Gasteiger charge is 2.30. The van der Waals surface area contributed by atoms with Crippen LogP contribution in [0.3, 0.4) is 0 Å². The van der Waals surface area contributed by atoms with E-state index in [1.807, 2.05) is 19.9 Å². The van der Waals surface area contributed by atoms with Crippen LogP contribution in [-0.4, -0.2) is 41.1 Å². The molecule has 5 rings (SSSR count). The number of aromatic nitrogens is 4. The third-order valence-corrected chi connectivity index (χ3v) is 7.56. The van der Waals surface area contributed by atoms with Gasteiger partial charge in [0.05, 0.1) is 28.8 Å². The first-order chi connectivity index (χ1) is 16.4. The van der Waals surface area contributed by atoms with Gasteiger partial charge in [-0.2, -0.15) is 10.2 Å². The maximum atomic E-state index is 13.5. The van der Waals surface area contributed by atoms with Gasteiger partial charge in [-0.1, -0.05) is 6.92 Å². The lowest BCUT2D eigenvalue weighted by Gasteiger charge is -2.13. The fourth-order valence-corrected chi connectivity index (χ4v) is 5.78. The van der Waals surface area contributed by atoms with E-state index in [1.165, 1.54) is 12.1 Å². The second-order valence-electron chi connectivity index (χ2n) is 8.70. The summed E-state index contributed by atoms with van der Waals surface area (Å²) in [6, 6.07) is 9.74. The van der Waals surface area contributed by atoms with E-state index in [9.17, 15) is 12.8 Å². The van der Waals surface area contributed by atoms with Gasteiger partial charge in [-0.25, -0.2) is 17.5 Å². The van der Waals surface area contributed by atoms with Crippen molar-refractivity contribution in [2.75, 3.05) is 17.8 Å². The number of hydrogen-bond donors (Lipinski definition) is 2. The number of aryl methyl sites for hydroxylation is 2. The molecule has 4 aromatic rings. The Morgan fingerprint density at radius 3 is 2.74 bits per heavy atom. The van der Waals surface area contributed by atoms with Crippen LogP contribution in [0.4, 0.5) is 10.1 Å². The molecule has 8 nitrogen and oxygen atoms in total. The van der Waals surface area contributed by atoms with Crippen LogP contribution in [0.25, 0.3) is 16.6 Å². The molecule has 0 bridgehead atoms. The highest BCUT2D eigenvalue weighted by atomic mass is 32.2. The summed E-state index contributed by atoms with van der Waals surface area (Å²) >= 11 is 0. The molecule has 1 aliphatic rings. The summed E-state index contributed by atoms with van der Waals surface area (Å²) in [5.41, 5.74) is 3.39. The zero-order valence-corrected chi connectivity index (χ0v) is 19.9. The molecule has 0 aliphatic carbocycles. The number of sulfonamides is 1. The van der Waals surface area contributed by atoms with E-state index in [0.717, 1.165) is 48.1 Å². The predicted octanol–water partition coefficient (Wildman–Crippen LogP) is 3.96. The molecule has 2 N–H and O–H groups in total. The summed E-state index contributed by atoms with van der Waals surface area (Å²) < 4.78 is 46.5. The van der Waals surface area contributed by atoms with E-state index in [2.05, 4.69) is 20.2 Å². The maximum absolute atomic E-state index is 13.5. The predicted molar refractivity (Wildman–Crippen MR) is 129 cm³/mol. The van der Waals surface area contributed by atoms with Crippen molar-refractivity contribution in [1.82, 2.24) is 24.9 Å². The number of rotatable bonds is 7. The van der Waals surface area contributed by atoms with Gasteiger partial charge in [0.2, 0.25) is 0 Å². The Labute approximate surface area is 197 Å². The monoisotopic (exact) mass is 482 g/mol. The molecule has 2 aromatic carbocycles. The molecule has 10 heteroatoms. The standard InChI is InChI=1S/C24H27FN6O2S/c1-3-10-30-15-23(24(28-30)17-8-9-26-13-17)34(32,33)29-21-12-18-14-27-31(22(18)11-16(21)2)20-6-4-19(25)5-7-20/h4-7,11-12,14-15,17,26,29H,3,8-10,13H2,1-2H3. The molecule has 1 saturated heterocycles. The van der Waals surface area contributed by atoms with Gasteiger partial charge >= 0.3 is 0 Å². The minimum absolute atomic E-state index is 0.0715. The smallest absolute Gasteiger partial charge is 0.265 e. The number of halogens is 1. The number of nitrogens with one attached hydrogen (secondary N) is 2. The number of benzene rings is 2. The van der Waals surface area contributed by atoms with Crippen LogP contribution in [0.15, 0.2) is 53.7 Å². The average Bonchev–Trinajstić information content (AvgIpc) is 3.54. The van der Waals surface area contributed by atoms with Crippen molar-refractivity contribution in [2.24, 2.45) is 0 Å². The van der Waals surface area contributed by atoms with Gasteiger partial charge in [-0.3, -0.25) is 9.40 Å². The molecule has 1 aliphatic heterocycles. The number of anilines is 1. The number of fused-ring (bicyclic) bond motifs is 1. The van der Waals surface area contributed by atoms with Gasteiger partial charge in [0.15, 0.2) is 0 Å². The highest BCUT2D eigenvalue weighted by Crippen LogP contribution is 2.31. The van der Waals surface area contributed by atoms with Crippen LogP contribution >= 0.6 is 0 Å². The van der Waals surface area contributed by atoms with E-state index in [-0.39, 0.29) is 16.6 Å². The lowest BCUT2D eigenvalue weighted by Crippen LogP contribution is -2.17. The van der Waals surface area contributed by atoms with E-state index in [4.69, 9.17) is 0 Å². The summed E-state index contributed by atoms with van der Waals surface area (Å²) in [6.45, 7) is 6.12. The van der Waals surface area contributed by atoms with Gasteiger partial charge in [0.1, 0.15) is 10.7 Å². The SMILES string of the molecule is CCCn1cc(S(=O)(=O)Nc2cc3cnn(-c4ccc(F)cc4)c3cc2C)c(C2CCNC2)n1. The molecule has 1 unspecified atom stereocenters. The molecule has 3 heterocycles. The second-order valence-corrected chi connectivity index (χ2v) is 10.3. The Hall–Kier alpha value is -3.24. The minimum atomic E-state index is -3.85. The van der Waals surface area contributed by atoms with Gasteiger partial charge in [-0.15, -0.1) is 0 Å². The zero-order chi connectivity index (χ0) is 23.9. The molecule has 178 valence electrons. The van der Waals surface area contributed by atoms with Gasteiger partial charge in [0.25, 0.3) is 10.0 Å². The van der Waals surface area contributed by atoms with Crippen molar-refractivity contribution in [1.29, 1.82) is 0 Å². The summed E-state index contributed by atoms with van der Waals surface area (Å²) in [5.74, 6) is -0.245. The van der Waals surface area contributed by atoms with Crippen LogP contribution in [0.2, 0.25) is 0 Å². The van der Waals surface area contributed by atoms with Gasteiger partial charge < -0.3 is 5.32 Å². The normalized spacial score (nSPS) is 16.4. The Balaban J connectivity index is 1.50. The molecule has 34 heavy (non-hydrogen) atoms. The van der Waals surface area contributed by atoms with E-state index >= 15 is 0 Å². The fourth-order valence-electron chi connectivity index (χ4n) is 4.42. The highest BCUT2D eigenvalue weighted by molar-refractivity contribution is 7.92. The molecule has 0 spiro atoms. The van der Waals surface area contributed by atoms with E-state index < -0.39 is 10.0 Å². The lowest BCUT2D eigenvalue weighted by atomic mass is 10.1. The molecular formula is C24H27FN6O2S. The Bertz CT molecular complexity index is 1440. The maximum Gasteiger partial charge on any atom is 0.265 e. The van der Waals surface area contributed by atoms with Crippen LogP contribution in [0.1, 0.15) is 36.9 Å². The van der Waals surface area contributed by atoms with Gasteiger partial charge in [0, 0.05) is 30.6 Å². The van der Waals surface area contributed by atoms with Crippen molar-refractivity contribution in [3.8, 4) is 5.69 Å². The topological polar surface area (TPSA) is 93.8 Å². The van der Waals surface area contributed by atoms with Crippen LogP contribution in [0.5, 0.6) is 0 Å². The minimum Gasteiger partial charge on any atom is -0.316 e. The number of hydrogen-bond acceptors (Lipinski definition) is 5. The van der Waals surface area contributed by atoms with Crippen molar-refractivity contribution in [3.63, 3.8) is 0 Å². The van der Waals surface area contributed by atoms with Crippen LogP contribution < -0.4 is 10.0 Å². The number of nitrogens with zero attached hydrogens (tertiary/aromatic N) is 4. The summed E-state index contributed by atoms with van der Waals surface area (Å²) in [4.78, 5) is 0.233. The molecule has 0 saturated carbocycles. The van der Waals surface area contributed by atoms with Gasteiger partial charge in [-0.05, 0) is 68.3 Å².